The van der Waals surface area contributed by atoms with Crippen LogP contribution < -0.4 is 5.32 Å². The molecule has 2 heterocycles. The van der Waals surface area contributed by atoms with E-state index in [0.717, 1.165) is 16.1 Å². The van der Waals surface area contributed by atoms with Crippen molar-refractivity contribution in [2.75, 3.05) is 37.2 Å². The summed E-state index contributed by atoms with van der Waals surface area (Å²) in [5, 5.41) is 2.84. The Balaban J connectivity index is 1.61. The molecule has 3 amide bonds. The predicted octanol–water partition coefficient (Wildman–Crippen LogP) is 0.964. The lowest BCUT2D eigenvalue weighted by molar-refractivity contribution is -0.138. The maximum Gasteiger partial charge on any atom is 0.234 e. The quantitative estimate of drug-likeness (QED) is 0.875. The molecule has 1 aromatic carbocycles. The number of hydrogen-bond donors (Lipinski definition) is 1. The summed E-state index contributed by atoms with van der Waals surface area (Å²) in [6.45, 7) is 3.90. The van der Waals surface area contributed by atoms with E-state index in [-0.39, 0.29) is 17.7 Å². The van der Waals surface area contributed by atoms with Crippen molar-refractivity contribution in [2.45, 2.75) is 18.2 Å². The van der Waals surface area contributed by atoms with Gasteiger partial charge in [0.1, 0.15) is 0 Å². The fourth-order valence-corrected chi connectivity index (χ4v) is 3.59. The molecule has 0 aromatic heterocycles. The summed E-state index contributed by atoms with van der Waals surface area (Å²) in [6.07, 6.45) is 0.313. The first-order valence-corrected chi connectivity index (χ1v) is 8.60. The Morgan fingerprint density at radius 2 is 1.87 bits per heavy atom. The van der Waals surface area contributed by atoms with Crippen LogP contribution in [0.15, 0.2) is 23.1 Å². The van der Waals surface area contributed by atoms with Gasteiger partial charge in [-0.05, 0) is 17.7 Å². The topological polar surface area (TPSA) is 69.7 Å². The Morgan fingerprint density at radius 3 is 2.57 bits per heavy atom. The third-order valence-electron chi connectivity index (χ3n) is 4.11. The van der Waals surface area contributed by atoms with E-state index in [2.05, 4.69) is 5.32 Å². The summed E-state index contributed by atoms with van der Waals surface area (Å²) < 4.78 is 0. The van der Waals surface area contributed by atoms with Crippen LogP contribution in [0.4, 0.5) is 5.69 Å². The standard InChI is InChI=1S/C16H19N3O3S/c1-11(20)18-4-6-19(7-5-18)16(22)9-12-2-3-14-13(8-12)17-15(21)10-23-14/h2-3,8H,4-7,9-10H2,1H3,(H,17,21). The van der Waals surface area contributed by atoms with Crippen LogP contribution in [0.1, 0.15) is 12.5 Å². The Bertz CT molecular complexity index is 654. The second kappa shape index (κ2) is 6.62. The lowest BCUT2D eigenvalue weighted by atomic mass is 10.1. The zero-order chi connectivity index (χ0) is 16.4. The molecule has 7 heteroatoms. The zero-order valence-corrected chi connectivity index (χ0v) is 13.8. The highest BCUT2D eigenvalue weighted by Crippen LogP contribution is 2.32. The van der Waals surface area contributed by atoms with E-state index >= 15 is 0 Å². The SMILES string of the molecule is CC(=O)N1CCN(C(=O)Cc2ccc3c(c2)NC(=O)CS3)CC1. The molecule has 1 fully saturated rings. The first-order chi connectivity index (χ1) is 11.0. The number of rotatable bonds is 2. The van der Waals surface area contributed by atoms with Crippen LogP contribution in [0.25, 0.3) is 0 Å². The van der Waals surface area contributed by atoms with Gasteiger partial charge in [-0.3, -0.25) is 14.4 Å². The van der Waals surface area contributed by atoms with Crippen molar-refractivity contribution >= 4 is 35.2 Å². The summed E-state index contributed by atoms with van der Waals surface area (Å²) in [5.41, 5.74) is 1.68. The largest absolute Gasteiger partial charge is 0.339 e. The molecule has 6 nitrogen and oxygen atoms in total. The van der Waals surface area contributed by atoms with Gasteiger partial charge in [0.2, 0.25) is 17.7 Å². The van der Waals surface area contributed by atoms with Crippen LogP contribution in [0.3, 0.4) is 0 Å². The van der Waals surface area contributed by atoms with Crippen LogP contribution in [-0.2, 0) is 20.8 Å². The maximum atomic E-state index is 12.4. The van der Waals surface area contributed by atoms with Gasteiger partial charge in [-0.1, -0.05) is 6.07 Å². The molecule has 2 aliphatic heterocycles. The van der Waals surface area contributed by atoms with Gasteiger partial charge in [-0.2, -0.15) is 0 Å². The average Bonchev–Trinajstić information content (AvgIpc) is 2.54. The van der Waals surface area contributed by atoms with Gasteiger partial charge in [0.15, 0.2) is 0 Å². The summed E-state index contributed by atoms with van der Waals surface area (Å²) in [6, 6.07) is 5.77. The van der Waals surface area contributed by atoms with Crippen LogP contribution in [0.5, 0.6) is 0 Å². The third kappa shape index (κ3) is 3.67. The minimum Gasteiger partial charge on any atom is -0.339 e. The molecule has 1 saturated heterocycles. The number of amides is 3. The van der Waals surface area contributed by atoms with Crippen LogP contribution in [0, 0.1) is 0 Å². The molecule has 23 heavy (non-hydrogen) atoms. The van der Waals surface area contributed by atoms with Gasteiger partial charge < -0.3 is 15.1 Å². The molecular weight excluding hydrogens is 314 g/mol. The number of carbonyl (C=O) groups excluding carboxylic acids is 3. The average molecular weight is 333 g/mol. The monoisotopic (exact) mass is 333 g/mol. The maximum absolute atomic E-state index is 12.4. The Hall–Kier alpha value is -2.02. The Kier molecular flexibility index (Phi) is 4.56. The molecule has 0 aliphatic carbocycles. The number of nitrogens with one attached hydrogen (secondary N) is 1. The number of nitrogens with zero attached hydrogens (tertiary/aromatic N) is 2. The van der Waals surface area contributed by atoms with Crippen molar-refractivity contribution in [3.8, 4) is 0 Å². The Labute approximate surface area is 139 Å². The van der Waals surface area contributed by atoms with Crippen molar-refractivity contribution in [2.24, 2.45) is 0 Å². The van der Waals surface area contributed by atoms with Crippen LogP contribution in [-0.4, -0.2) is 59.5 Å². The van der Waals surface area contributed by atoms with Gasteiger partial charge in [-0.25, -0.2) is 0 Å². The molecule has 0 unspecified atom stereocenters. The van der Waals surface area contributed by atoms with E-state index in [0.29, 0.717) is 38.4 Å². The van der Waals surface area contributed by atoms with E-state index in [1.165, 1.54) is 11.8 Å². The molecular formula is C16H19N3O3S. The zero-order valence-electron chi connectivity index (χ0n) is 13.0. The van der Waals surface area contributed by atoms with Crippen molar-refractivity contribution in [3.63, 3.8) is 0 Å². The highest BCUT2D eigenvalue weighted by Gasteiger charge is 2.23. The van der Waals surface area contributed by atoms with E-state index in [9.17, 15) is 14.4 Å². The van der Waals surface area contributed by atoms with Crippen molar-refractivity contribution in [3.05, 3.63) is 23.8 Å². The highest BCUT2D eigenvalue weighted by atomic mass is 32.2. The van der Waals surface area contributed by atoms with Gasteiger partial charge in [0.25, 0.3) is 0 Å². The summed E-state index contributed by atoms with van der Waals surface area (Å²) in [5.74, 6) is 0.542. The van der Waals surface area contributed by atoms with Gasteiger partial charge in [0.05, 0.1) is 17.9 Å². The van der Waals surface area contributed by atoms with Gasteiger partial charge >= 0.3 is 0 Å². The third-order valence-corrected chi connectivity index (χ3v) is 5.18. The molecule has 0 saturated carbocycles. The van der Waals surface area contributed by atoms with Crippen molar-refractivity contribution < 1.29 is 14.4 Å². The Morgan fingerprint density at radius 1 is 1.17 bits per heavy atom. The molecule has 3 rings (SSSR count). The number of anilines is 1. The first-order valence-electron chi connectivity index (χ1n) is 7.62. The molecule has 0 atom stereocenters. The van der Waals surface area contributed by atoms with E-state index in [1.807, 2.05) is 18.2 Å². The van der Waals surface area contributed by atoms with Gasteiger partial charge in [-0.15, -0.1) is 11.8 Å². The first kappa shape index (κ1) is 15.9. The smallest absolute Gasteiger partial charge is 0.234 e. The molecule has 0 spiro atoms. The normalized spacial score (nSPS) is 17.5. The number of carbonyl (C=O) groups is 3. The summed E-state index contributed by atoms with van der Waals surface area (Å²) >= 11 is 1.51. The second-order valence-electron chi connectivity index (χ2n) is 5.73. The fourth-order valence-electron chi connectivity index (χ4n) is 2.80. The number of benzene rings is 1. The minimum atomic E-state index is -0.00803. The van der Waals surface area contributed by atoms with Crippen LogP contribution >= 0.6 is 11.8 Å². The molecule has 1 aromatic rings. The van der Waals surface area contributed by atoms with Gasteiger partial charge in [0, 0.05) is 38.0 Å². The second-order valence-corrected chi connectivity index (χ2v) is 6.75. The van der Waals surface area contributed by atoms with E-state index in [1.54, 1.807) is 16.7 Å². The molecule has 2 aliphatic rings. The minimum absolute atomic E-state index is 0.00803. The van der Waals surface area contributed by atoms with E-state index < -0.39 is 0 Å². The lowest BCUT2D eigenvalue weighted by Crippen LogP contribution is -2.50. The molecule has 0 radical (unpaired) electrons. The summed E-state index contributed by atoms with van der Waals surface area (Å²) in [7, 11) is 0. The highest BCUT2D eigenvalue weighted by molar-refractivity contribution is 8.00. The van der Waals surface area contributed by atoms with E-state index in [4.69, 9.17) is 0 Å². The predicted molar refractivity (Wildman–Crippen MR) is 88.3 cm³/mol. The van der Waals surface area contributed by atoms with Crippen molar-refractivity contribution in [1.29, 1.82) is 0 Å². The lowest BCUT2D eigenvalue weighted by Gasteiger charge is -2.34. The molecule has 0 bridgehead atoms. The number of fused-ring (bicyclic) bond motifs is 1. The number of thioether (sulfide) groups is 1. The summed E-state index contributed by atoms with van der Waals surface area (Å²) in [4.78, 5) is 39.8. The molecule has 1 N–H and O–H groups in total. The van der Waals surface area contributed by atoms with Crippen molar-refractivity contribution in [1.82, 2.24) is 9.80 Å². The number of piperazine rings is 1. The fraction of sp³-hybridized carbons (Fsp3) is 0.438. The molecule has 122 valence electrons. The van der Waals surface area contributed by atoms with Crippen LogP contribution in [0.2, 0.25) is 0 Å². The number of hydrogen-bond acceptors (Lipinski definition) is 4.